The molecule has 0 aromatic heterocycles. The Balaban J connectivity index is 2.23. The van der Waals surface area contributed by atoms with Gasteiger partial charge < -0.3 is 111 Å². The maximum absolute atomic E-state index is 14.3. The van der Waals surface area contributed by atoms with Gasteiger partial charge in [0.15, 0.2) is 5.96 Å². The second-order valence-corrected chi connectivity index (χ2v) is 22.1. The first-order valence-corrected chi connectivity index (χ1v) is 30.9. The number of aliphatic hydroxyl groups is 1. The highest BCUT2D eigenvalue weighted by Crippen LogP contribution is 2.35. The van der Waals surface area contributed by atoms with Crippen molar-refractivity contribution in [2.45, 2.75) is 120 Å². The van der Waals surface area contributed by atoms with E-state index in [1.165, 1.54) is 24.3 Å². The molecular formula is C56H88N17O18P. The van der Waals surface area contributed by atoms with Crippen LogP contribution in [0.15, 0.2) is 66.9 Å². The second kappa shape index (κ2) is 42.8. The molecule has 0 fully saturated rings. The molecule has 0 saturated heterocycles. The molecule has 0 aliphatic rings. The summed E-state index contributed by atoms with van der Waals surface area (Å²) < 4.78 is 16.1. The third kappa shape index (κ3) is 33.1. The van der Waals surface area contributed by atoms with Gasteiger partial charge in [0.05, 0.1) is 45.4 Å². The molecule has 36 heteroatoms. The quantitative estimate of drug-likeness (QED) is 0.00733. The van der Waals surface area contributed by atoms with Gasteiger partial charge in [-0.15, -0.1) is 0 Å². The van der Waals surface area contributed by atoms with Crippen LogP contribution in [0.1, 0.15) is 75.8 Å². The average Bonchev–Trinajstić information content (AvgIpc) is 3.14. The lowest BCUT2D eigenvalue weighted by Crippen LogP contribution is -2.56. The van der Waals surface area contributed by atoms with Crippen molar-refractivity contribution in [1.29, 1.82) is 5.41 Å². The number of benzene rings is 2. The summed E-state index contributed by atoms with van der Waals surface area (Å²) in [5.41, 5.74) is 23.5. The number of nitrogens with zero attached hydrogens (tertiary/aromatic N) is 1. The van der Waals surface area contributed by atoms with Gasteiger partial charge in [0, 0.05) is 19.5 Å². The lowest BCUT2D eigenvalue weighted by molar-refractivity contribution is -0.140. The van der Waals surface area contributed by atoms with Gasteiger partial charge in [0.25, 0.3) is 0 Å². The van der Waals surface area contributed by atoms with Gasteiger partial charge in [-0.2, -0.15) is 0 Å². The Labute approximate surface area is 530 Å². The van der Waals surface area contributed by atoms with Gasteiger partial charge in [0.2, 0.25) is 65.0 Å². The number of aromatic hydroxyl groups is 1. The molecule has 11 amide bonds. The number of nitrogens with two attached hydrogens (primary N) is 4. The fourth-order valence-corrected chi connectivity index (χ4v) is 8.83. The molecule has 7 atom stereocenters. The third-order valence-electron chi connectivity index (χ3n) is 13.2. The number of carbonyl (C=O) groups excluding carboxylic acids is 12. The molecule has 0 aliphatic heterocycles. The van der Waals surface area contributed by atoms with Crippen molar-refractivity contribution in [1.82, 2.24) is 63.4 Å². The number of aliphatic hydroxyl groups excluding tert-OH is 1. The standard InChI is InChI=1S/C56H88N17O18P/c1-3-24-73(55(87)41(15-8-10-22-58)69-45(78)28-66-53(85)43(33-91-92(88,89)90)71-47(80)30-64-51(83)40(14-7-9-21-57)72-54(86)49(59)34(2)75)31-48(81)68-39(16-11-23-62-56(60)61)50(82)63-29-46(79)70-42(26-36-17-19-38(76)20-18-36)52(84)65-27-44(77)67-37(32-74)25-35-12-5-4-6-13-35/h4-6,12-13,17-20,32,37,39-43,49,75-76H,2-3,7-11,14-16,21-31,33,57-59H2,1H3,(H,63,82)(H,64,83)(H,65,84)(H,66,85)(H,67,77)(H,68,81)(H,69,78)(H,70,79)(H,71,80)(H,72,86)(H4,60,61,62)(H2,88,89,90)/t37-,39-,40-,41-,42-,43-,49-/m0/s1. The summed E-state index contributed by atoms with van der Waals surface area (Å²) in [5.74, 6) is -11.4. The number of carbonyl (C=O) groups is 12. The number of phosphoric acid groups is 1. The molecule has 24 N–H and O–H groups in total. The SMILES string of the molecule is C=C(O)[C@H](N)C(=O)N[C@@H](CCCCN)C(=O)NCC(=O)N[C@@H](COP(=O)(O)O)C(=O)NCC(=O)N[C@@H](CCCCN)C(=O)N(CCC)CC(=O)N[C@@H](CCCNC(=N)N)C(=O)NCC(=O)N[C@@H](Cc1ccc(O)cc1)C(=O)NCC(=O)N[C@H](C=O)Cc1ccccc1. The number of guanidine groups is 1. The molecule has 0 radical (unpaired) electrons. The van der Waals surface area contributed by atoms with E-state index >= 15 is 0 Å². The van der Waals surface area contributed by atoms with E-state index in [9.17, 15) is 82.1 Å². The normalized spacial score (nSPS) is 13.2. The minimum absolute atomic E-state index is 0.0146. The van der Waals surface area contributed by atoms with Crippen LogP contribution < -0.4 is 81.4 Å². The first-order chi connectivity index (χ1) is 43.6. The van der Waals surface area contributed by atoms with Crippen LogP contribution in [0.4, 0.5) is 0 Å². The van der Waals surface area contributed by atoms with Gasteiger partial charge in [-0.25, -0.2) is 4.57 Å². The Bertz CT molecular complexity index is 2850. The summed E-state index contributed by atoms with van der Waals surface area (Å²) in [7, 11) is -5.28. The summed E-state index contributed by atoms with van der Waals surface area (Å²) >= 11 is 0. The predicted octanol–water partition coefficient (Wildman–Crippen LogP) is -5.98. The van der Waals surface area contributed by atoms with Crippen LogP contribution in [0.5, 0.6) is 5.75 Å². The number of phenols is 1. The highest BCUT2D eigenvalue weighted by Gasteiger charge is 2.32. The van der Waals surface area contributed by atoms with Gasteiger partial charge in [-0.3, -0.25) is 62.7 Å². The van der Waals surface area contributed by atoms with Crippen molar-refractivity contribution in [3.8, 4) is 5.75 Å². The molecule has 0 aliphatic carbocycles. The van der Waals surface area contributed by atoms with E-state index in [2.05, 4.69) is 69.6 Å². The Morgan fingerprint density at radius 2 is 1.07 bits per heavy atom. The van der Waals surface area contributed by atoms with Crippen LogP contribution >= 0.6 is 7.82 Å². The number of amides is 11. The van der Waals surface area contributed by atoms with Crippen LogP contribution in [-0.2, 0) is 79.5 Å². The van der Waals surface area contributed by atoms with Gasteiger partial charge >= 0.3 is 7.82 Å². The lowest BCUT2D eigenvalue weighted by atomic mass is 10.0. The molecule has 0 bridgehead atoms. The molecule has 2 rings (SSSR count). The first kappa shape index (κ1) is 79.0. The fraction of sp³-hybridized carbons (Fsp3) is 0.518. The largest absolute Gasteiger partial charge is 0.511 e. The summed E-state index contributed by atoms with van der Waals surface area (Å²) in [5, 5.41) is 53.2. The van der Waals surface area contributed by atoms with Crippen LogP contribution in [0.25, 0.3) is 0 Å². The van der Waals surface area contributed by atoms with E-state index in [0.29, 0.717) is 31.1 Å². The summed E-state index contributed by atoms with van der Waals surface area (Å²) in [4.78, 5) is 179. The van der Waals surface area contributed by atoms with Crippen molar-refractivity contribution in [3.63, 3.8) is 0 Å². The fourth-order valence-electron chi connectivity index (χ4n) is 8.48. The van der Waals surface area contributed by atoms with Gasteiger partial charge in [0.1, 0.15) is 54.0 Å². The van der Waals surface area contributed by atoms with E-state index in [4.69, 9.17) is 28.3 Å². The van der Waals surface area contributed by atoms with Gasteiger partial charge in [-0.05, 0) is 101 Å². The summed E-state index contributed by atoms with van der Waals surface area (Å²) in [6.45, 7) is 0.338. The summed E-state index contributed by atoms with van der Waals surface area (Å²) in [6, 6.07) is 4.73. The van der Waals surface area contributed by atoms with Crippen molar-refractivity contribution < 1.29 is 86.6 Å². The molecule has 35 nitrogen and oxygen atoms in total. The van der Waals surface area contributed by atoms with Crippen molar-refractivity contribution in [2.75, 3.05) is 65.5 Å². The first-order valence-electron chi connectivity index (χ1n) is 29.3. The number of nitrogens with one attached hydrogen (secondary N) is 12. The Morgan fingerprint density at radius 3 is 1.57 bits per heavy atom. The zero-order valence-corrected chi connectivity index (χ0v) is 52.0. The van der Waals surface area contributed by atoms with Crippen molar-refractivity contribution in [2.24, 2.45) is 22.9 Å². The third-order valence-corrected chi connectivity index (χ3v) is 13.7. The van der Waals surface area contributed by atoms with Gasteiger partial charge in [-0.1, -0.05) is 56.0 Å². The van der Waals surface area contributed by atoms with E-state index in [0.717, 1.165) is 10.5 Å². The van der Waals surface area contributed by atoms with Crippen LogP contribution in [0.2, 0.25) is 0 Å². The highest BCUT2D eigenvalue weighted by atomic mass is 31.2. The number of hydrogen-bond acceptors (Lipinski definition) is 20. The number of rotatable bonds is 45. The lowest BCUT2D eigenvalue weighted by Gasteiger charge is -2.28. The number of aldehydes is 1. The Morgan fingerprint density at radius 1 is 0.609 bits per heavy atom. The summed E-state index contributed by atoms with van der Waals surface area (Å²) in [6.07, 6.45) is 2.26. The van der Waals surface area contributed by atoms with E-state index in [-0.39, 0.29) is 89.3 Å². The predicted molar refractivity (Wildman–Crippen MR) is 331 cm³/mol. The minimum atomic E-state index is -5.28. The number of phenolic OH excluding ortho intramolecular Hbond substituents is 1. The molecule has 0 unspecified atom stereocenters. The molecule has 92 heavy (non-hydrogen) atoms. The molecule has 2 aromatic carbocycles. The van der Waals surface area contributed by atoms with Crippen molar-refractivity contribution >= 4 is 85.0 Å². The Hall–Kier alpha value is -9.12. The zero-order valence-electron chi connectivity index (χ0n) is 51.1. The molecule has 0 heterocycles. The maximum Gasteiger partial charge on any atom is 0.469 e. The highest BCUT2D eigenvalue weighted by molar-refractivity contribution is 7.46. The molecule has 0 saturated carbocycles. The maximum atomic E-state index is 14.3. The molecular weight excluding hydrogens is 1230 g/mol. The van der Waals surface area contributed by atoms with E-state index in [1.807, 2.05) is 0 Å². The van der Waals surface area contributed by atoms with E-state index < -0.39 is 160 Å². The number of phosphoric ester groups is 1. The average molecular weight is 1320 g/mol. The Kier molecular flexibility index (Phi) is 36.7. The monoisotopic (exact) mass is 1320 g/mol. The molecule has 510 valence electrons. The number of hydrogen-bond donors (Lipinski definition) is 20. The zero-order chi connectivity index (χ0) is 68.8. The molecule has 0 spiro atoms. The van der Waals surface area contributed by atoms with Crippen LogP contribution in [0, 0.1) is 5.41 Å². The van der Waals surface area contributed by atoms with Crippen LogP contribution in [-0.4, -0.2) is 210 Å². The minimum Gasteiger partial charge on any atom is -0.511 e. The second-order valence-electron chi connectivity index (χ2n) is 20.8. The van der Waals surface area contributed by atoms with Crippen LogP contribution in [0.3, 0.4) is 0 Å². The van der Waals surface area contributed by atoms with E-state index in [1.54, 1.807) is 37.3 Å². The number of unbranched alkanes of at least 4 members (excludes halogenated alkanes) is 2. The van der Waals surface area contributed by atoms with Crippen molar-refractivity contribution in [3.05, 3.63) is 78.1 Å². The molecule has 2 aromatic rings. The topological polar surface area (TPSA) is 576 Å². The smallest absolute Gasteiger partial charge is 0.469 e.